The molecule has 3 heterocycles. The summed E-state index contributed by atoms with van der Waals surface area (Å²) >= 11 is 1.53. The number of aromatic nitrogens is 1. The maximum absolute atomic E-state index is 12.5. The lowest BCUT2D eigenvalue weighted by Gasteiger charge is -2.29. The molecular formula is C26H25N3O4S. The second-order valence-corrected chi connectivity index (χ2v) is 10.3. The Hall–Kier alpha value is -3.57. The molecule has 0 aliphatic carbocycles. The first-order valence-electron chi connectivity index (χ1n) is 11.2. The van der Waals surface area contributed by atoms with Crippen molar-refractivity contribution in [2.45, 2.75) is 39.3 Å². The highest BCUT2D eigenvalue weighted by Gasteiger charge is 2.28. The summed E-state index contributed by atoms with van der Waals surface area (Å²) in [6.45, 7) is 7.66. The monoisotopic (exact) mass is 475 g/mol. The quantitative estimate of drug-likeness (QED) is 0.493. The number of benzene rings is 2. The van der Waals surface area contributed by atoms with E-state index in [1.165, 1.54) is 11.3 Å². The molecule has 0 bridgehead atoms. The minimum Gasteiger partial charge on any atom is -0.486 e. The van der Waals surface area contributed by atoms with E-state index >= 15 is 0 Å². The van der Waals surface area contributed by atoms with Crippen LogP contribution in [0.3, 0.4) is 0 Å². The van der Waals surface area contributed by atoms with E-state index in [2.05, 4.69) is 6.07 Å². The van der Waals surface area contributed by atoms with Crippen molar-refractivity contribution in [1.29, 1.82) is 5.26 Å². The fourth-order valence-electron chi connectivity index (χ4n) is 4.10. The first-order valence-corrected chi connectivity index (χ1v) is 12.0. The van der Waals surface area contributed by atoms with E-state index in [4.69, 9.17) is 19.2 Å². The summed E-state index contributed by atoms with van der Waals surface area (Å²) in [7, 11) is 0. The number of thiazole rings is 1. The van der Waals surface area contributed by atoms with Gasteiger partial charge in [0, 0.05) is 29.0 Å². The van der Waals surface area contributed by atoms with Gasteiger partial charge in [-0.15, -0.1) is 11.3 Å². The molecule has 0 saturated carbocycles. The molecule has 3 aromatic rings. The van der Waals surface area contributed by atoms with Gasteiger partial charge in [-0.3, -0.25) is 0 Å². The van der Waals surface area contributed by atoms with Crippen molar-refractivity contribution in [2.75, 3.05) is 19.8 Å². The number of amides is 1. The molecule has 0 radical (unpaired) electrons. The van der Waals surface area contributed by atoms with Crippen LogP contribution in [0.15, 0.2) is 36.4 Å². The molecule has 8 heteroatoms. The first-order chi connectivity index (χ1) is 16.3. The second kappa shape index (κ2) is 8.65. The molecule has 1 aromatic heterocycles. The third-order valence-corrected chi connectivity index (χ3v) is 6.76. The zero-order chi connectivity index (χ0) is 23.9. The van der Waals surface area contributed by atoms with Gasteiger partial charge in [0.15, 0.2) is 11.5 Å². The number of fused-ring (bicyclic) bond motifs is 2. The van der Waals surface area contributed by atoms with E-state index < -0.39 is 5.60 Å². The van der Waals surface area contributed by atoms with E-state index in [9.17, 15) is 10.1 Å². The topological polar surface area (TPSA) is 84.7 Å². The lowest BCUT2D eigenvalue weighted by Crippen LogP contribution is -2.39. The smallest absolute Gasteiger partial charge is 0.410 e. The molecule has 2 aliphatic heterocycles. The maximum atomic E-state index is 12.5. The number of carbonyl (C=O) groups is 1. The van der Waals surface area contributed by atoms with Gasteiger partial charge in [0.2, 0.25) is 0 Å². The minimum atomic E-state index is -0.536. The third kappa shape index (κ3) is 4.31. The Kier molecular flexibility index (Phi) is 5.66. The SMILES string of the molecule is CC(C)(C)OC(=O)N1CCc2nc(-c3cccc(-c4ccc5c(c4)OCCO5)c3C#N)sc2C1. The van der Waals surface area contributed by atoms with Crippen molar-refractivity contribution in [2.24, 2.45) is 0 Å². The Labute approximate surface area is 202 Å². The van der Waals surface area contributed by atoms with Crippen LogP contribution in [0, 0.1) is 11.3 Å². The average molecular weight is 476 g/mol. The summed E-state index contributed by atoms with van der Waals surface area (Å²) in [6, 6.07) is 13.9. The predicted octanol–water partition coefficient (Wildman–Crippen LogP) is 5.41. The van der Waals surface area contributed by atoms with Crippen LogP contribution >= 0.6 is 11.3 Å². The van der Waals surface area contributed by atoms with Crippen molar-refractivity contribution in [3.05, 3.63) is 52.5 Å². The number of hydrogen-bond donors (Lipinski definition) is 0. The zero-order valence-corrected chi connectivity index (χ0v) is 20.2. The van der Waals surface area contributed by atoms with Crippen molar-refractivity contribution < 1.29 is 19.0 Å². The molecule has 34 heavy (non-hydrogen) atoms. The number of nitrogens with zero attached hydrogens (tertiary/aromatic N) is 3. The van der Waals surface area contributed by atoms with Crippen LogP contribution in [0.5, 0.6) is 11.5 Å². The number of rotatable bonds is 2. The van der Waals surface area contributed by atoms with E-state index in [0.29, 0.717) is 49.8 Å². The molecule has 7 nitrogen and oxygen atoms in total. The van der Waals surface area contributed by atoms with E-state index in [1.54, 1.807) is 4.90 Å². The molecule has 0 unspecified atom stereocenters. The number of ether oxygens (including phenoxy) is 3. The van der Waals surface area contributed by atoms with Gasteiger partial charge in [0.05, 0.1) is 17.8 Å². The lowest BCUT2D eigenvalue weighted by molar-refractivity contribution is 0.0225. The van der Waals surface area contributed by atoms with Gasteiger partial charge in [0.1, 0.15) is 29.9 Å². The van der Waals surface area contributed by atoms with E-state index in [0.717, 1.165) is 32.3 Å². The molecule has 1 amide bonds. The molecule has 0 saturated heterocycles. The van der Waals surface area contributed by atoms with Crippen LogP contribution in [-0.2, 0) is 17.7 Å². The summed E-state index contributed by atoms with van der Waals surface area (Å²) in [5.41, 5.74) is 3.51. The van der Waals surface area contributed by atoms with Gasteiger partial charge in [-0.1, -0.05) is 24.3 Å². The normalized spacial score (nSPS) is 14.8. The molecular weight excluding hydrogens is 450 g/mol. The minimum absolute atomic E-state index is 0.314. The number of hydrogen-bond acceptors (Lipinski definition) is 7. The molecule has 0 fully saturated rings. The van der Waals surface area contributed by atoms with Gasteiger partial charge in [-0.05, 0) is 38.5 Å². The molecule has 0 spiro atoms. The van der Waals surface area contributed by atoms with Gasteiger partial charge in [-0.25, -0.2) is 9.78 Å². The molecule has 5 rings (SSSR count). The fourth-order valence-corrected chi connectivity index (χ4v) is 5.25. The molecule has 0 atom stereocenters. The highest BCUT2D eigenvalue weighted by atomic mass is 32.1. The predicted molar refractivity (Wildman–Crippen MR) is 129 cm³/mol. The van der Waals surface area contributed by atoms with E-state index in [-0.39, 0.29) is 6.09 Å². The van der Waals surface area contributed by atoms with Crippen LogP contribution in [0.25, 0.3) is 21.7 Å². The van der Waals surface area contributed by atoms with Crippen molar-refractivity contribution >= 4 is 17.4 Å². The van der Waals surface area contributed by atoms with Gasteiger partial charge >= 0.3 is 6.09 Å². The van der Waals surface area contributed by atoms with Gasteiger partial charge in [-0.2, -0.15) is 5.26 Å². The van der Waals surface area contributed by atoms with Crippen LogP contribution in [-0.4, -0.2) is 41.3 Å². The van der Waals surface area contributed by atoms with Crippen LogP contribution in [0.2, 0.25) is 0 Å². The Morgan fingerprint density at radius 3 is 2.68 bits per heavy atom. The maximum Gasteiger partial charge on any atom is 0.410 e. The summed E-state index contributed by atoms with van der Waals surface area (Å²) in [5.74, 6) is 1.40. The average Bonchev–Trinajstić information content (AvgIpc) is 3.25. The second-order valence-electron chi connectivity index (χ2n) is 9.24. The standard InChI is InChI=1S/C26H25N3O4S/c1-26(2,3)33-25(30)29-10-9-20-23(15-29)34-24(28-20)18-6-4-5-17(19(18)14-27)16-7-8-21-22(13-16)32-12-11-31-21/h4-8,13H,9-12,15H2,1-3H3. The Morgan fingerprint density at radius 2 is 1.91 bits per heavy atom. The number of nitriles is 1. The number of carbonyl (C=O) groups excluding carboxylic acids is 1. The van der Waals surface area contributed by atoms with Crippen molar-refractivity contribution in [1.82, 2.24) is 9.88 Å². The summed E-state index contributed by atoms with van der Waals surface area (Å²) < 4.78 is 16.9. The molecule has 174 valence electrons. The van der Waals surface area contributed by atoms with Crippen molar-refractivity contribution in [3.63, 3.8) is 0 Å². The van der Waals surface area contributed by atoms with Gasteiger partial charge < -0.3 is 19.1 Å². The van der Waals surface area contributed by atoms with Crippen LogP contribution in [0.4, 0.5) is 4.79 Å². The molecule has 2 aliphatic rings. The highest BCUT2D eigenvalue weighted by Crippen LogP contribution is 2.39. The third-order valence-electron chi connectivity index (χ3n) is 5.64. The van der Waals surface area contributed by atoms with Crippen molar-refractivity contribution in [3.8, 4) is 39.3 Å². The fraction of sp³-hybridized carbons (Fsp3) is 0.346. The largest absolute Gasteiger partial charge is 0.486 e. The van der Waals surface area contributed by atoms with Crippen LogP contribution in [0.1, 0.15) is 36.9 Å². The lowest BCUT2D eigenvalue weighted by atomic mass is 9.96. The van der Waals surface area contributed by atoms with E-state index in [1.807, 2.05) is 57.2 Å². The zero-order valence-electron chi connectivity index (χ0n) is 19.4. The molecule has 2 aromatic carbocycles. The Balaban J connectivity index is 1.46. The summed E-state index contributed by atoms with van der Waals surface area (Å²) in [6.07, 6.45) is 0.348. The first kappa shape index (κ1) is 22.2. The highest BCUT2D eigenvalue weighted by molar-refractivity contribution is 7.15. The Bertz CT molecular complexity index is 1300. The summed E-state index contributed by atoms with van der Waals surface area (Å²) in [5, 5.41) is 10.9. The molecule has 0 N–H and O–H groups in total. The Morgan fingerprint density at radius 1 is 1.15 bits per heavy atom. The van der Waals surface area contributed by atoms with Gasteiger partial charge in [0.25, 0.3) is 0 Å². The van der Waals surface area contributed by atoms with Crippen LogP contribution < -0.4 is 9.47 Å². The summed E-state index contributed by atoms with van der Waals surface area (Å²) in [4.78, 5) is 20.1.